The molecule has 0 bridgehead atoms. The highest BCUT2D eigenvalue weighted by Crippen LogP contribution is 2.25. The first-order valence-electron chi connectivity index (χ1n) is 9.19. The monoisotopic (exact) mass is 353 g/mol. The maximum atomic E-state index is 10.3. The Bertz CT molecular complexity index is 744. The van der Waals surface area contributed by atoms with Crippen LogP contribution in [0.5, 0.6) is 11.5 Å². The number of hydrogen-bond acceptors (Lipinski definition) is 4. The van der Waals surface area contributed by atoms with Crippen LogP contribution in [0.2, 0.25) is 0 Å². The molecule has 0 aliphatic heterocycles. The number of allylic oxidation sites excluding steroid dienone is 1. The van der Waals surface area contributed by atoms with Gasteiger partial charge in [-0.2, -0.15) is 0 Å². The Morgan fingerprint density at radius 1 is 1.23 bits per heavy atom. The number of aromatic hydroxyl groups is 1. The summed E-state index contributed by atoms with van der Waals surface area (Å²) < 4.78 is 5.79. The van der Waals surface area contributed by atoms with Crippen LogP contribution < -0.4 is 10.1 Å². The van der Waals surface area contributed by atoms with Crippen LogP contribution in [0, 0.1) is 0 Å². The molecule has 0 aromatic heterocycles. The van der Waals surface area contributed by atoms with E-state index in [1.165, 1.54) is 11.1 Å². The number of benzene rings is 2. The first kappa shape index (κ1) is 18.5. The van der Waals surface area contributed by atoms with Crippen molar-refractivity contribution in [1.82, 2.24) is 5.32 Å². The summed E-state index contributed by atoms with van der Waals surface area (Å²) >= 11 is 0. The third-order valence-electron chi connectivity index (χ3n) is 4.83. The van der Waals surface area contributed by atoms with Gasteiger partial charge in [-0.1, -0.05) is 30.3 Å². The lowest BCUT2D eigenvalue weighted by Gasteiger charge is -2.26. The number of rotatable bonds is 8. The second-order valence-electron chi connectivity index (χ2n) is 6.87. The molecule has 3 rings (SSSR count). The van der Waals surface area contributed by atoms with Gasteiger partial charge in [-0.25, -0.2) is 0 Å². The number of fused-ring (bicyclic) bond motifs is 1. The fraction of sp³-hybridized carbons (Fsp3) is 0.364. The summed E-state index contributed by atoms with van der Waals surface area (Å²) in [6, 6.07) is 13.7. The number of hydrogen-bond donors (Lipinski definition) is 3. The van der Waals surface area contributed by atoms with Crippen molar-refractivity contribution in [1.29, 1.82) is 0 Å². The average molecular weight is 353 g/mol. The highest BCUT2D eigenvalue weighted by molar-refractivity contribution is 5.37. The topological polar surface area (TPSA) is 61.7 Å². The third-order valence-corrected chi connectivity index (χ3v) is 4.83. The highest BCUT2D eigenvalue weighted by atomic mass is 16.5. The minimum absolute atomic E-state index is 0.255. The van der Waals surface area contributed by atoms with Crippen molar-refractivity contribution >= 4 is 0 Å². The molecule has 4 nitrogen and oxygen atoms in total. The Labute approximate surface area is 155 Å². The van der Waals surface area contributed by atoms with Crippen LogP contribution >= 0.6 is 0 Å². The van der Waals surface area contributed by atoms with Gasteiger partial charge in [0.15, 0.2) is 0 Å². The summed E-state index contributed by atoms with van der Waals surface area (Å²) in [6.07, 6.45) is 4.93. The summed E-state index contributed by atoms with van der Waals surface area (Å²) in [6.45, 7) is 4.51. The Morgan fingerprint density at radius 3 is 2.92 bits per heavy atom. The number of phenolic OH excluding ortho intramolecular Hbond substituents is 1. The fourth-order valence-electron chi connectivity index (χ4n) is 3.43. The molecule has 0 saturated heterocycles. The predicted molar refractivity (Wildman–Crippen MR) is 104 cm³/mol. The van der Waals surface area contributed by atoms with Crippen LogP contribution in [0.15, 0.2) is 55.1 Å². The van der Waals surface area contributed by atoms with Crippen molar-refractivity contribution < 1.29 is 14.9 Å². The number of aliphatic hydroxyl groups excluding tert-OH is 1. The van der Waals surface area contributed by atoms with Gasteiger partial charge in [0.1, 0.15) is 24.2 Å². The van der Waals surface area contributed by atoms with Crippen molar-refractivity contribution in [3.8, 4) is 11.5 Å². The maximum Gasteiger partial charge on any atom is 0.122 e. The molecule has 2 aromatic carbocycles. The van der Waals surface area contributed by atoms with E-state index in [1.54, 1.807) is 6.07 Å². The van der Waals surface area contributed by atoms with E-state index in [-0.39, 0.29) is 6.61 Å². The molecular formula is C22H27NO3. The Balaban J connectivity index is 1.46. The Hall–Kier alpha value is -2.30. The minimum atomic E-state index is -0.572. The Morgan fingerprint density at radius 2 is 2.08 bits per heavy atom. The van der Waals surface area contributed by atoms with Gasteiger partial charge < -0.3 is 20.3 Å². The van der Waals surface area contributed by atoms with E-state index >= 15 is 0 Å². The summed E-state index contributed by atoms with van der Waals surface area (Å²) in [5.74, 6) is 1.12. The van der Waals surface area contributed by atoms with Gasteiger partial charge in [0, 0.05) is 12.6 Å². The van der Waals surface area contributed by atoms with Gasteiger partial charge in [0.2, 0.25) is 0 Å². The van der Waals surface area contributed by atoms with E-state index in [4.69, 9.17) is 4.74 Å². The second kappa shape index (κ2) is 8.88. The normalized spacial score (nSPS) is 17.3. The summed E-state index contributed by atoms with van der Waals surface area (Å²) in [5.41, 5.74) is 3.58. The van der Waals surface area contributed by atoms with Crippen molar-refractivity contribution in [3.63, 3.8) is 0 Å². The van der Waals surface area contributed by atoms with E-state index in [1.807, 2.05) is 42.5 Å². The lowest BCUT2D eigenvalue weighted by atomic mass is 9.88. The summed E-state index contributed by atoms with van der Waals surface area (Å²) in [4.78, 5) is 0. The van der Waals surface area contributed by atoms with Gasteiger partial charge in [-0.3, -0.25) is 0 Å². The van der Waals surface area contributed by atoms with Gasteiger partial charge >= 0.3 is 0 Å². The smallest absolute Gasteiger partial charge is 0.122 e. The molecule has 0 amide bonds. The van der Waals surface area contributed by atoms with E-state index in [0.717, 1.165) is 37.0 Å². The third kappa shape index (κ3) is 4.87. The number of ether oxygens (including phenoxy) is 1. The van der Waals surface area contributed by atoms with Gasteiger partial charge in [0.25, 0.3) is 0 Å². The van der Waals surface area contributed by atoms with Crippen LogP contribution in [0.1, 0.15) is 23.1 Å². The van der Waals surface area contributed by atoms with E-state index in [9.17, 15) is 10.2 Å². The van der Waals surface area contributed by atoms with E-state index in [2.05, 4.69) is 11.9 Å². The molecule has 0 fully saturated rings. The lowest BCUT2D eigenvalue weighted by Crippen LogP contribution is -2.40. The standard InChI is InChI=1S/C22H27NO3/c1-2-5-17-6-3-4-7-22(17)26-15-21(25)14-23-19-10-8-16-9-11-20(24)13-18(16)12-19/h2-4,6-7,9,11,13,19,21,23-25H,1,5,8,10,12,14-15H2. The average Bonchev–Trinajstić information content (AvgIpc) is 2.65. The molecule has 2 atom stereocenters. The molecule has 4 heteroatoms. The number of aliphatic hydroxyl groups is 1. The van der Waals surface area contributed by atoms with Crippen LogP contribution in [0.25, 0.3) is 0 Å². The number of para-hydroxylation sites is 1. The second-order valence-corrected chi connectivity index (χ2v) is 6.87. The molecule has 2 unspecified atom stereocenters. The first-order chi connectivity index (χ1) is 12.7. The molecule has 26 heavy (non-hydrogen) atoms. The number of aryl methyl sites for hydroxylation is 1. The molecule has 1 aliphatic carbocycles. The molecule has 0 saturated carbocycles. The van der Waals surface area contributed by atoms with Crippen LogP contribution in [-0.2, 0) is 19.3 Å². The fourth-order valence-corrected chi connectivity index (χ4v) is 3.43. The van der Waals surface area contributed by atoms with Crippen molar-refractivity contribution in [2.45, 2.75) is 37.8 Å². The SMILES string of the molecule is C=CCc1ccccc1OCC(O)CNC1CCc2ccc(O)cc2C1. The molecule has 3 N–H and O–H groups in total. The molecule has 2 aromatic rings. The van der Waals surface area contributed by atoms with Crippen molar-refractivity contribution in [2.24, 2.45) is 0 Å². The summed E-state index contributed by atoms with van der Waals surface area (Å²) in [7, 11) is 0. The van der Waals surface area contributed by atoms with E-state index in [0.29, 0.717) is 18.3 Å². The molecular weight excluding hydrogens is 326 g/mol. The zero-order valence-corrected chi connectivity index (χ0v) is 15.0. The molecule has 0 spiro atoms. The van der Waals surface area contributed by atoms with E-state index < -0.39 is 6.10 Å². The minimum Gasteiger partial charge on any atom is -0.508 e. The highest BCUT2D eigenvalue weighted by Gasteiger charge is 2.19. The molecule has 1 aliphatic rings. The zero-order chi connectivity index (χ0) is 18.4. The number of phenols is 1. The molecule has 138 valence electrons. The Kier molecular flexibility index (Phi) is 6.31. The quantitative estimate of drug-likeness (QED) is 0.639. The molecule has 0 radical (unpaired) electrons. The zero-order valence-electron chi connectivity index (χ0n) is 15.0. The van der Waals surface area contributed by atoms with Gasteiger partial charge in [-0.05, 0) is 60.6 Å². The first-order valence-corrected chi connectivity index (χ1v) is 9.19. The largest absolute Gasteiger partial charge is 0.508 e. The number of nitrogens with one attached hydrogen (secondary N) is 1. The van der Waals surface area contributed by atoms with Crippen LogP contribution in [0.3, 0.4) is 0 Å². The van der Waals surface area contributed by atoms with Crippen molar-refractivity contribution in [2.75, 3.05) is 13.2 Å². The predicted octanol–water partition coefficient (Wildman–Crippen LogP) is 3.01. The maximum absolute atomic E-state index is 10.3. The van der Waals surface area contributed by atoms with Gasteiger partial charge in [-0.15, -0.1) is 6.58 Å². The lowest BCUT2D eigenvalue weighted by molar-refractivity contribution is 0.102. The van der Waals surface area contributed by atoms with Gasteiger partial charge in [0.05, 0.1) is 0 Å². The van der Waals surface area contributed by atoms with Crippen molar-refractivity contribution in [3.05, 3.63) is 71.8 Å². The summed E-state index contributed by atoms with van der Waals surface area (Å²) in [5, 5.41) is 23.3. The van der Waals surface area contributed by atoms with Crippen LogP contribution in [-0.4, -0.2) is 35.5 Å². The molecule has 0 heterocycles. The van der Waals surface area contributed by atoms with Crippen LogP contribution in [0.4, 0.5) is 0 Å².